The van der Waals surface area contributed by atoms with E-state index in [2.05, 4.69) is 20.9 Å². The molecule has 1 aromatic heterocycles. The summed E-state index contributed by atoms with van der Waals surface area (Å²) in [6, 6.07) is 1.77. The van der Waals surface area contributed by atoms with Gasteiger partial charge in [0.1, 0.15) is 0 Å². The Balaban J connectivity index is 2.84. The summed E-state index contributed by atoms with van der Waals surface area (Å²) < 4.78 is 0.979. The van der Waals surface area contributed by atoms with Crippen molar-refractivity contribution in [1.82, 2.24) is 4.98 Å². The van der Waals surface area contributed by atoms with Gasteiger partial charge in [0.2, 0.25) is 0 Å². The van der Waals surface area contributed by atoms with Gasteiger partial charge in [-0.05, 0) is 40.9 Å². The average Bonchev–Trinajstić information content (AvgIpc) is 2.10. The monoisotopic (exact) mass is 244 g/mol. The fourth-order valence-corrected chi connectivity index (χ4v) is 1.27. The highest BCUT2D eigenvalue weighted by atomic mass is 79.9. The topological polar surface area (TPSA) is 59.1 Å². The third-order valence-corrected chi connectivity index (χ3v) is 2.72. The zero-order chi connectivity index (χ0) is 9.84. The van der Waals surface area contributed by atoms with Crippen LogP contribution in [0, 0.1) is 6.92 Å². The molecule has 0 aliphatic rings. The van der Waals surface area contributed by atoms with Crippen molar-refractivity contribution in [1.29, 1.82) is 0 Å². The first-order chi connectivity index (χ1) is 6.15. The molecule has 0 saturated heterocycles. The van der Waals surface area contributed by atoms with E-state index in [-0.39, 0.29) is 12.6 Å². The highest BCUT2D eigenvalue weighted by Crippen LogP contribution is 2.18. The largest absolute Gasteiger partial charge is 0.396 e. The Labute approximate surface area is 86.1 Å². The molecule has 1 rings (SSSR count). The van der Waals surface area contributed by atoms with Crippen LogP contribution in [0.4, 0.5) is 0 Å². The van der Waals surface area contributed by atoms with Gasteiger partial charge in [-0.3, -0.25) is 4.98 Å². The number of nitrogens with two attached hydrogens (primary N) is 1. The molecule has 0 aliphatic heterocycles. The number of nitrogens with zero attached hydrogens (tertiary/aromatic N) is 1. The smallest absolute Gasteiger partial charge is 0.0575 e. The maximum absolute atomic E-state index is 8.70. The van der Waals surface area contributed by atoms with E-state index in [1.54, 1.807) is 6.20 Å². The van der Waals surface area contributed by atoms with E-state index in [0.717, 1.165) is 15.7 Å². The first-order valence-electron chi connectivity index (χ1n) is 4.13. The third kappa shape index (κ3) is 2.76. The zero-order valence-electron chi connectivity index (χ0n) is 7.50. The summed E-state index contributed by atoms with van der Waals surface area (Å²) in [5.41, 5.74) is 7.72. The quantitative estimate of drug-likeness (QED) is 0.849. The van der Waals surface area contributed by atoms with Crippen LogP contribution in [-0.4, -0.2) is 16.7 Å². The van der Waals surface area contributed by atoms with Gasteiger partial charge in [0, 0.05) is 23.3 Å². The molecule has 3 N–H and O–H groups in total. The van der Waals surface area contributed by atoms with Gasteiger partial charge in [-0.25, -0.2) is 0 Å². The van der Waals surface area contributed by atoms with Gasteiger partial charge in [0.05, 0.1) is 5.69 Å². The first-order valence-corrected chi connectivity index (χ1v) is 4.93. The molecule has 0 aromatic carbocycles. The molecule has 3 nitrogen and oxygen atoms in total. The maximum atomic E-state index is 8.70. The van der Waals surface area contributed by atoms with Gasteiger partial charge in [-0.2, -0.15) is 0 Å². The Bertz CT molecular complexity index is 291. The third-order valence-electron chi connectivity index (χ3n) is 1.89. The molecule has 1 unspecified atom stereocenters. The molecule has 1 aromatic rings. The molecule has 1 atom stereocenters. The van der Waals surface area contributed by atoms with Crippen molar-refractivity contribution in [3.05, 3.63) is 28.0 Å². The number of rotatable bonds is 3. The molecule has 13 heavy (non-hydrogen) atoms. The molecule has 0 fully saturated rings. The van der Waals surface area contributed by atoms with E-state index < -0.39 is 0 Å². The molecular formula is C9H13BrN2O. The number of hydrogen-bond donors (Lipinski definition) is 2. The SMILES string of the molecule is Cc1cc(C(N)CCO)ncc1Br. The Morgan fingerprint density at radius 1 is 1.69 bits per heavy atom. The Hall–Kier alpha value is -0.450. The van der Waals surface area contributed by atoms with E-state index in [0.29, 0.717) is 6.42 Å². The summed E-state index contributed by atoms with van der Waals surface area (Å²) in [7, 11) is 0. The van der Waals surface area contributed by atoms with Crippen LogP contribution in [0.3, 0.4) is 0 Å². The van der Waals surface area contributed by atoms with Crippen LogP contribution >= 0.6 is 15.9 Å². The maximum Gasteiger partial charge on any atom is 0.0575 e. The Morgan fingerprint density at radius 2 is 2.38 bits per heavy atom. The van der Waals surface area contributed by atoms with E-state index in [1.165, 1.54) is 0 Å². The van der Waals surface area contributed by atoms with Crippen molar-refractivity contribution in [2.45, 2.75) is 19.4 Å². The van der Waals surface area contributed by atoms with Crippen molar-refractivity contribution >= 4 is 15.9 Å². The fourth-order valence-electron chi connectivity index (χ4n) is 1.05. The highest BCUT2D eigenvalue weighted by molar-refractivity contribution is 9.10. The molecule has 0 amide bonds. The lowest BCUT2D eigenvalue weighted by molar-refractivity contribution is 0.275. The fraction of sp³-hybridized carbons (Fsp3) is 0.444. The summed E-state index contributed by atoms with van der Waals surface area (Å²) in [6.45, 7) is 2.08. The van der Waals surface area contributed by atoms with Crippen molar-refractivity contribution in [3.8, 4) is 0 Å². The standard InChI is InChI=1S/C9H13BrN2O/c1-6-4-9(8(11)2-3-13)12-5-7(6)10/h4-5,8,13H,2-3,11H2,1H3. The van der Waals surface area contributed by atoms with Crippen molar-refractivity contribution in [3.63, 3.8) is 0 Å². The number of halogens is 1. The molecule has 1 heterocycles. The second kappa shape index (κ2) is 4.69. The van der Waals surface area contributed by atoms with Crippen molar-refractivity contribution < 1.29 is 5.11 Å². The molecule has 0 radical (unpaired) electrons. The molecule has 0 aliphatic carbocycles. The van der Waals surface area contributed by atoms with Crippen LogP contribution in [0.2, 0.25) is 0 Å². The molecular weight excluding hydrogens is 232 g/mol. The second-order valence-electron chi connectivity index (χ2n) is 2.98. The summed E-state index contributed by atoms with van der Waals surface area (Å²) in [4.78, 5) is 4.17. The molecule has 72 valence electrons. The van der Waals surface area contributed by atoms with E-state index in [4.69, 9.17) is 10.8 Å². The Morgan fingerprint density at radius 3 is 2.92 bits per heavy atom. The average molecular weight is 245 g/mol. The number of aliphatic hydroxyl groups is 1. The summed E-state index contributed by atoms with van der Waals surface area (Å²) >= 11 is 3.36. The lowest BCUT2D eigenvalue weighted by Crippen LogP contribution is -2.13. The normalized spacial score (nSPS) is 12.9. The minimum atomic E-state index is -0.170. The lowest BCUT2D eigenvalue weighted by atomic mass is 10.1. The van der Waals surface area contributed by atoms with Crippen LogP contribution in [0.25, 0.3) is 0 Å². The predicted octanol–water partition coefficient (Wildman–Crippen LogP) is 1.53. The van der Waals surface area contributed by atoms with Gasteiger partial charge in [-0.15, -0.1) is 0 Å². The lowest BCUT2D eigenvalue weighted by Gasteiger charge is -2.10. The van der Waals surface area contributed by atoms with Gasteiger partial charge >= 0.3 is 0 Å². The minimum absolute atomic E-state index is 0.0952. The molecule has 0 saturated carbocycles. The van der Waals surface area contributed by atoms with Gasteiger partial charge in [0.25, 0.3) is 0 Å². The van der Waals surface area contributed by atoms with Crippen LogP contribution < -0.4 is 5.73 Å². The van der Waals surface area contributed by atoms with Gasteiger partial charge in [-0.1, -0.05) is 0 Å². The van der Waals surface area contributed by atoms with Crippen LogP contribution in [-0.2, 0) is 0 Å². The minimum Gasteiger partial charge on any atom is -0.396 e. The second-order valence-corrected chi connectivity index (χ2v) is 3.83. The first kappa shape index (κ1) is 10.6. The van der Waals surface area contributed by atoms with Gasteiger partial charge in [0.15, 0.2) is 0 Å². The molecule has 0 bridgehead atoms. The van der Waals surface area contributed by atoms with Crippen molar-refractivity contribution in [2.24, 2.45) is 5.73 Å². The van der Waals surface area contributed by atoms with E-state index in [9.17, 15) is 0 Å². The summed E-state index contributed by atoms with van der Waals surface area (Å²) in [5, 5.41) is 8.70. The Kier molecular flexibility index (Phi) is 3.84. The number of aromatic nitrogens is 1. The molecule has 4 heteroatoms. The van der Waals surface area contributed by atoms with Crippen LogP contribution in [0.15, 0.2) is 16.7 Å². The number of aryl methyl sites for hydroxylation is 1. The zero-order valence-corrected chi connectivity index (χ0v) is 9.08. The van der Waals surface area contributed by atoms with Crippen molar-refractivity contribution in [2.75, 3.05) is 6.61 Å². The van der Waals surface area contributed by atoms with Gasteiger partial charge < -0.3 is 10.8 Å². The highest BCUT2D eigenvalue weighted by Gasteiger charge is 2.07. The predicted molar refractivity (Wildman–Crippen MR) is 55.3 cm³/mol. The number of aliphatic hydroxyl groups excluding tert-OH is 1. The summed E-state index contributed by atoms with van der Waals surface area (Å²) in [5.74, 6) is 0. The molecule has 0 spiro atoms. The number of hydrogen-bond acceptors (Lipinski definition) is 3. The van der Waals surface area contributed by atoms with E-state index in [1.807, 2.05) is 13.0 Å². The summed E-state index contributed by atoms with van der Waals surface area (Å²) in [6.07, 6.45) is 2.29. The van der Waals surface area contributed by atoms with Crippen LogP contribution in [0.1, 0.15) is 23.7 Å². The van der Waals surface area contributed by atoms with E-state index >= 15 is 0 Å². The van der Waals surface area contributed by atoms with Crippen LogP contribution in [0.5, 0.6) is 0 Å². The number of pyridine rings is 1.